The lowest BCUT2D eigenvalue weighted by molar-refractivity contribution is -0.385. The summed E-state index contributed by atoms with van der Waals surface area (Å²) >= 11 is 6.32. The molecule has 0 radical (unpaired) electrons. The monoisotopic (exact) mass is 285 g/mol. The summed E-state index contributed by atoms with van der Waals surface area (Å²) in [4.78, 5) is 10.4. The number of nitro benzene ring substituents is 1. The van der Waals surface area contributed by atoms with Crippen LogP contribution in [0.3, 0.4) is 0 Å². The van der Waals surface area contributed by atoms with Crippen molar-refractivity contribution in [2.45, 2.75) is 39.0 Å². The Bertz CT molecular complexity index is 454. The van der Waals surface area contributed by atoms with E-state index in [1.807, 2.05) is 6.07 Å². The third-order valence-corrected chi connectivity index (χ3v) is 3.90. The van der Waals surface area contributed by atoms with Crippen LogP contribution < -0.4 is 4.74 Å². The van der Waals surface area contributed by atoms with Crippen LogP contribution in [-0.2, 0) is 6.42 Å². The molecule has 19 heavy (non-hydrogen) atoms. The number of hydrogen-bond acceptors (Lipinski definition) is 3. The van der Waals surface area contributed by atoms with Crippen LogP contribution in [0.5, 0.6) is 5.75 Å². The van der Waals surface area contributed by atoms with Gasteiger partial charge in [-0.3, -0.25) is 10.1 Å². The van der Waals surface area contributed by atoms with Gasteiger partial charge in [-0.2, -0.15) is 0 Å². The molecular formula is C14H20ClNO3. The van der Waals surface area contributed by atoms with E-state index in [1.165, 1.54) is 13.2 Å². The highest BCUT2D eigenvalue weighted by Crippen LogP contribution is 2.29. The van der Waals surface area contributed by atoms with Crippen molar-refractivity contribution in [2.75, 3.05) is 7.11 Å². The van der Waals surface area contributed by atoms with Crippen LogP contribution in [0, 0.1) is 15.5 Å². The van der Waals surface area contributed by atoms with Crippen molar-refractivity contribution in [3.63, 3.8) is 0 Å². The van der Waals surface area contributed by atoms with Crippen LogP contribution in [0.1, 0.15) is 32.8 Å². The molecule has 1 rings (SSSR count). The Morgan fingerprint density at radius 3 is 2.47 bits per heavy atom. The fraction of sp³-hybridized carbons (Fsp3) is 0.571. The molecule has 0 aliphatic carbocycles. The maximum atomic E-state index is 10.8. The molecule has 0 saturated carbocycles. The topological polar surface area (TPSA) is 52.4 Å². The number of nitrogens with zero attached hydrogens (tertiary/aromatic N) is 1. The Morgan fingerprint density at radius 1 is 1.37 bits per heavy atom. The second kappa shape index (κ2) is 6.24. The van der Waals surface area contributed by atoms with Crippen molar-refractivity contribution < 1.29 is 9.66 Å². The summed E-state index contributed by atoms with van der Waals surface area (Å²) in [6, 6.07) is 4.82. The van der Waals surface area contributed by atoms with Gasteiger partial charge in [-0.1, -0.05) is 20.8 Å². The zero-order chi connectivity index (χ0) is 14.6. The minimum Gasteiger partial charge on any atom is -0.496 e. The van der Waals surface area contributed by atoms with Gasteiger partial charge in [-0.15, -0.1) is 11.6 Å². The number of alkyl halides is 1. The lowest BCUT2D eigenvalue weighted by Crippen LogP contribution is -2.21. The standard InChI is InChI=1S/C14H20ClNO3/c1-14(2,3)13(15)6-5-10-7-11(16(17)18)9-12(8-10)19-4/h7-9,13H,5-6H2,1-4H3. The fourth-order valence-electron chi connectivity index (χ4n) is 1.74. The normalized spacial score (nSPS) is 13.1. The molecule has 5 heteroatoms. The molecule has 0 aliphatic rings. The average Bonchev–Trinajstić information content (AvgIpc) is 2.34. The number of rotatable bonds is 5. The zero-order valence-corrected chi connectivity index (χ0v) is 12.5. The van der Waals surface area contributed by atoms with E-state index in [4.69, 9.17) is 16.3 Å². The number of hydrogen-bond donors (Lipinski definition) is 0. The van der Waals surface area contributed by atoms with Crippen LogP contribution in [0.4, 0.5) is 5.69 Å². The number of nitro groups is 1. The molecule has 0 fully saturated rings. The second-order valence-electron chi connectivity index (χ2n) is 5.67. The number of ether oxygens (including phenoxy) is 1. The Morgan fingerprint density at radius 2 is 2.00 bits per heavy atom. The van der Waals surface area contributed by atoms with Gasteiger partial charge in [-0.05, 0) is 29.9 Å². The van der Waals surface area contributed by atoms with E-state index in [0.717, 1.165) is 12.0 Å². The molecule has 1 aromatic rings. The van der Waals surface area contributed by atoms with Crippen molar-refractivity contribution in [2.24, 2.45) is 5.41 Å². The average molecular weight is 286 g/mol. The molecule has 0 N–H and O–H groups in total. The van der Waals surface area contributed by atoms with Crippen molar-refractivity contribution in [3.8, 4) is 5.75 Å². The summed E-state index contributed by atoms with van der Waals surface area (Å²) < 4.78 is 5.08. The molecular weight excluding hydrogens is 266 g/mol. The van der Waals surface area contributed by atoms with E-state index in [-0.39, 0.29) is 16.5 Å². The van der Waals surface area contributed by atoms with E-state index in [2.05, 4.69) is 20.8 Å². The molecule has 4 nitrogen and oxygen atoms in total. The Labute approximate surface area is 118 Å². The molecule has 0 spiro atoms. The van der Waals surface area contributed by atoms with Crippen LogP contribution in [0.2, 0.25) is 0 Å². The summed E-state index contributed by atoms with van der Waals surface area (Å²) in [5, 5.41) is 10.9. The number of aryl methyl sites for hydroxylation is 1. The van der Waals surface area contributed by atoms with Crippen molar-refractivity contribution >= 4 is 17.3 Å². The first-order valence-corrected chi connectivity index (χ1v) is 6.64. The molecule has 1 unspecified atom stereocenters. The zero-order valence-electron chi connectivity index (χ0n) is 11.8. The fourth-order valence-corrected chi connectivity index (χ4v) is 1.85. The highest BCUT2D eigenvalue weighted by Gasteiger charge is 2.22. The van der Waals surface area contributed by atoms with Gasteiger partial charge in [0, 0.05) is 11.4 Å². The number of halogens is 1. The van der Waals surface area contributed by atoms with Gasteiger partial charge in [0.15, 0.2) is 0 Å². The van der Waals surface area contributed by atoms with Gasteiger partial charge in [0.1, 0.15) is 5.75 Å². The Kier molecular flexibility index (Phi) is 5.18. The van der Waals surface area contributed by atoms with E-state index >= 15 is 0 Å². The van der Waals surface area contributed by atoms with Crippen LogP contribution in [-0.4, -0.2) is 17.4 Å². The van der Waals surface area contributed by atoms with Crippen molar-refractivity contribution in [3.05, 3.63) is 33.9 Å². The molecule has 1 atom stereocenters. The quantitative estimate of drug-likeness (QED) is 0.463. The predicted octanol–water partition coefficient (Wildman–Crippen LogP) is 4.19. The highest BCUT2D eigenvalue weighted by molar-refractivity contribution is 6.21. The van der Waals surface area contributed by atoms with Gasteiger partial charge in [0.05, 0.1) is 18.1 Å². The van der Waals surface area contributed by atoms with Gasteiger partial charge < -0.3 is 4.74 Å². The SMILES string of the molecule is COc1cc(CCC(Cl)C(C)(C)C)cc([N+](=O)[O-])c1. The van der Waals surface area contributed by atoms with Crippen LogP contribution in [0.15, 0.2) is 18.2 Å². The van der Waals surface area contributed by atoms with Crippen LogP contribution in [0.25, 0.3) is 0 Å². The van der Waals surface area contributed by atoms with Gasteiger partial charge in [-0.25, -0.2) is 0 Å². The summed E-state index contributed by atoms with van der Waals surface area (Å²) in [5.41, 5.74) is 0.948. The van der Waals surface area contributed by atoms with Crippen molar-refractivity contribution in [1.82, 2.24) is 0 Å². The van der Waals surface area contributed by atoms with Crippen molar-refractivity contribution in [1.29, 1.82) is 0 Å². The minimum absolute atomic E-state index is 0.0202. The lowest BCUT2D eigenvalue weighted by Gasteiger charge is -2.25. The Balaban J connectivity index is 2.83. The number of benzene rings is 1. The first-order chi connectivity index (χ1) is 8.74. The Hall–Kier alpha value is -1.29. The predicted molar refractivity (Wildman–Crippen MR) is 77.1 cm³/mol. The van der Waals surface area contributed by atoms with E-state index in [9.17, 15) is 10.1 Å². The summed E-state index contributed by atoms with van der Waals surface area (Å²) in [5.74, 6) is 0.506. The third kappa shape index (κ3) is 4.71. The third-order valence-electron chi connectivity index (χ3n) is 3.02. The molecule has 0 aliphatic heterocycles. The first kappa shape index (κ1) is 15.8. The largest absolute Gasteiger partial charge is 0.496 e. The van der Waals surface area contributed by atoms with Gasteiger partial charge in [0.2, 0.25) is 0 Å². The summed E-state index contributed by atoms with van der Waals surface area (Å²) in [7, 11) is 1.50. The van der Waals surface area contributed by atoms with Gasteiger partial charge in [0.25, 0.3) is 5.69 Å². The van der Waals surface area contributed by atoms with E-state index in [1.54, 1.807) is 6.07 Å². The molecule has 106 valence electrons. The number of non-ortho nitro benzene ring substituents is 1. The van der Waals surface area contributed by atoms with Crippen LogP contribution >= 0.6 is 11.6 Å². The first-order valence-electron chi connectivity index (χ1n) is 6.20. The molecule has 0 bridgehead atoms. The lowest BCUT2D eigenvalue weighted by atomic mass is 9.88. The summed E-state index contributed by atoms with van der Waals surface area (Å²) in [6.45, 7) is 6.25. The molecule has 0 amide bonds. The molecule has 0 saturated heterocycles. The van der Waals surface area contributed by atoms with E-state index < -0.39 is 4.92 Å². The number of methoxy groups -OCH3 is 1. The second-order valence-corrected chi connectivity index (χ2v) is 6.20. The maximum absolute atomic E-state index is 10.8. The maximum Gasteiger partial charge on any atom is 0.273 e. The molecule has 1 aromatic carbocycles. The van der Waals surface area contributed by atoms with Gasteiger partial charge >= 0.3 is 0 Å². The smallest absolute Gasteiger partial charge is 0.273 e. The molecule has 0 heterocycles. The molecule has 0 aromatic heterocycles. The van der Waals surface area contributed by atoms with E-state index in [0.29, 0.717) is 12.2 Å². The summed E-state index contributed by atoms with van der Waals surface area (Å²) in [6.07, 6.45) is 1.47. The highest BCUT2D eigenvalue weighted by atomic mass is 35.5. The minimum atomic E-state index is -0.409.